The Morgan fingerprint density at radius 2 is 0.587 bits per heavy atom. The molecule has 6 heterocycles. The van der Waals surface area contributed by atoms with E-state index in [1.54, 1.807) is 0 Å². The van der Waals surface area contributed by atoms with Gasteiger partial charge in [-0.15, -0.1) is 70.6 Å². The molecule has 0 saturated heterocycles. The fourth-order valence-corrected chi connectivity index (χ4v) is 30.9. The van der Waals surface area contributed by atoms with Gasteiger partial charge in [-0.05, 0) is 112 Å². The molecule has 11 rings (SSSR count). The predicted molar refractivity (Wildman–Crippen MR) is 426 cm³/mol. The molecule has 6 nitrogen and oxygen atoms in total. The molecule has 0 saturated carbocycles. The van der Waals surface area contributed by atoms with Crippen molar-refractivity contribution in [3.05, 3.63) is 168 Å². The third kappa shape index (κ3) is 18.7. The Hall–Kier alpha value is -0.660. The van der Waals surface area contributed by atoms with E-state index in [0.717, 1.165) is 91.9 Å². The number of aliphatic hydroxyl groups is 2. The summed E-state index contributed by atoms with van der Waals surface area (Å²) in [7, 11) is 0. The zero-order valence-corrected chi connectivity index (χ0v) is 66.6. The van der Waals surface area contributed by atoms with Gasteiger partial charge in [-0.3, -0.25) is 0 Å². The average Bonchev–Trinajstić information content (AvgIpc) is 1.08. The van der Waals surface area contributed by atoms with Crippen LogP contribution in [-0.4, -0.2) is 84.4 Å². The van der Waals surface area contributed by atoms with E-state index in [1.807, 2.05) is 165 Å². The molecule has 0 unspecified atom stereocenters. The Labute approximate surface area is 609 Å². The number of fused-ring (bicyclic) bond motifs is 8. The van der Waals surface area contributed by atoms with Crippen LogP contribution in [0, 0.1) is 0 Å². The minimum atomic E-state index is -0.184. The molecule has 2 N–H and O–H groups in total. The van der Waals surface area contributed by atoms with Gasteiger partial charge in [0.15, 0.2) is 0 Å². The Bertz CT molecular complexity index is 3220. The first-order valence-electron chi connectivity index (χ1n) is 31.9. The quantitative estimate of drug-likeness (QED) is 0.0725. The zero-order valence-electron chi connectivity index (χ0n) is 55.2. The van der Waals surface area contributed by atoms with E-state index < -0.39 is 0 Å². The lowest BCUT2D eigenvalue weighted by atomic mass is 9.79. The highest BCUT2D eigenvalue weighted by atomic mass is 32.3. The molecule has 4 aromatic carbocycles. The smallest absolute Gasteiger partial charge is 0.126 e. The average molecular weight is 1500 g/mol. The maximum absolute atomic E-state index is 10.3. The lowest BCUT2D eigenvalue weighted by Gasteiger charge is -2.29. The first-order chi connectivity index (χ1) is 44.0. The topological polar surface area (TPSA) is 77.4 Å². The maximum Gasteiger partial charge on any atom is 0.126 e. The van der Waals surface area contributed by atoms with Crippen LogP contribution in [0.15, 0.2) is 102 Å². The van der Waals surface area contributed by atoms with Crippen LogP contribution in [-0.2, 0) is 47.3 Å². The van der Waals surface area contributed by atoms with Gasteiger partial charge >= 0.3 is 0 Å². The summed E-state index contributed by atoms with van der Waals surface area (Å²) in [5.74, 6) is 10.3. The van der Waals surface area contributed by atoms with Gasteiger partial charge in [0.25, 0.3) is 0 Å². The summed E-state index contributed by atoms with van der Waals surface area (Å²) >= 11 is 27.5. The van der Waals surface area contributed by atoms with Crippen molar-refractivity contribution >= 4 is 165 Å². The van der Waals surface area contributed by atoms with Gasteiger partial charge in [0.2, 0.25) is 0 Å². The van der Waals surface area contributed by atoms with Crippen molar-refractivity contribution in [1.29, 1.82) is 0 Å². The van der Waals surface area contributed by atoms with Crippen LogP contribution < -0.4 is 18.9 Å². The van der Waals surface area contributed by atoms with Crippen molar-refractivity contribution in [2.24, 2.45) is 0 Å². The summed E-state index contributed by atoms with van der Waals surface area (Å²) < 4.78 is 43.4. The number of rotatable bonds is 20. The molecule has 0 radical (unpaired) electrons. The molecule has 6 aliphatic heterocycles. The number of aliphatic hydroxyl groups excluding tert-OH is 2. The van der Waals surface area contributed by atoms with Gasteiger partial charge in [0.1, 0.15) is 23.0 Å². The Kier molecular flexibility index (Phi) is 25.5. The highest BCUT2D eigenvalue weighted by Crippen LogP contribution is 2.66. The SMILES string of the molecule is CC(C)(C)c1cc2c(OCCCO)c(c1)Cc1cc(C(C)(C)C)cc(c1OCCCSC1=CSC(=C3SC4=C(SCCS4)S3)S1)Cc1cc(C(C)(C)C)cc(c1OCCCO)Cc1cc(C(C)(C)C)cc(c1OCCCSC1=CSC(=C3SC4=C(SCCS4)S3)S1)C2. The molecule has 7 aliphatic rings. The minimum absolute atomic E-state index is 0.0427. The van der Waals surface area contributed by atoms with Crippen LogP contribution in [0.1, 0.15) is 176 Å². The van der Waals surface area contributed by atoms with Crippen LogP contribution >= 0.6 is 165 Å². The summed E-state index contributed by atoms with van der Waals surface area (Å²) in [4.78, 5) is 0. The van der Waals surface area contributed by atoms with Crippen molar-refractivity contribution in [2.75, 3.05) is 74.2 Å². The molecule has 4 aromatic rings. The van der Waals surface area contributed by atoms with Crippen molar-refractivity contribution in [2.45, 2.75) is 156 Å². The predicted octanol–water partition coefficient (Wildman–Crippen LogP) is 23.1. The molecule has 92 heavy (non-hydrogen) atoms. The fraction of sp³-hybridized carbons (Fsp3) is 0.500. The van der Waals surface area contributed by atoms with Gasteiger partial charge in [-0.1, -0.05) is 226 Å². The second kappa shape index (κ2) is 32.3. The summed E-state index contributed by atoms with van der Waals surface area (Å²) in [5.41, 5.74) is 13.2. The van der Waals surface area contributed by atoms with Gasteiger partial charge in [0.05, 0.1) is 68.8 Å². The Balaban J connectivity index is 0.982. The van der Waals surface area contributed by atoms with E-state index in [2.05, 4.69) is 142 Å². The first kappa shape index (κ1) is 72.6. The highest BCUT2D eigenvalue weighted by Gasteiger charge is 2.34. The standard InChI is InChI=1S/C72H88O6S14/c1-69(2,3)51-33-43-29-47-37-53(71(7,8)9)39-49(59(47)77-21-15-23-79-55-41-85-65(87-55)67-89-61-62(90-67)82-26-25-81-61)31-45-35-52(70(4,5)6)36-46(58(45)76-20-14-18-74)32-50-40-54(72(10,11)12)38-48(30-44(34-51)57(43)75-19-13-17-73)60(50)78-22-16-24-80-56-42-86-66(88-56)68-91-63-64(92-68)84-28-27-83-63/h33-42,73-74H,13-32H2,1-12H3. The molecular weight excluding hydrogens is 1410 g/mol. The van der Waals surface area contributed by atoms with Gasteiger partial charge < -0.3 is 29.2 Å². The normalized spacial score (nSPS) is 18.0. The molecule has 0 aromatic heterocycles. The Morgan fingerprint density at radius 1 is 0.337 bits per heavy atom. The molecule has 0 atom stereocenters. The molecule has 8 bridgehead atoms. The van der Waals surface area contributed by atoms with Gasteiger partial charge in [0, 0.05) is 86.3 Å². The lowest BCUT2D eigenvalue weighted by molar-refractivity contribution is 0.231. The molecule has 496 valence electrons. The first-order valence-corrected chi connectivity index (χ1v) is 44.5. The van der Waals surface area contributed by atoms with Crippen LogP contribution in [0.2, 0.25) is 0 Å². The van der Waals surface area contributed by atoms with Gasteiger partial charge in [-0.25, -0.2) is 0 Å². The largest absolute Gasteiger partial charge is 0.493 e. The van der Waals surface area contributed by atoms with Crippen molar-refractivity contribution in [3.8, 4) is 23.0 Å². The van der Waals surface area contributed by atoms with Crippen molar-refractivity contribution in [3.63, 3.8) is 0 Å². The molecule has 0 spiro atoms. The van der Waals surface area contributed by atoms with E-state index in [0.29, 0.717) is 65.0 Å². The van der Waals surface area contributed by atoms with Crippen LogP contribution in [0.3, 0.4) is 0 Å². The second-order valence-electron chi connectivity index (χ2n) is 27.6. The fourth-order valence-electron chi connectivity index (χ4n) is 11.0. The highest BCUT2D eigenvalue weighted by molar-refractivity contribution is 8.45. The monoisotopic (exact) mass is 1500 g/mol. The lowest BCUT2D eigenvalue weighted by Crippen LogP contribution is -2.18. The van der Waals surface area contributed by atoms with Crippen LogP contribution in [0.5, 0.6) is 23.0 Å². The number of thioether (sulfide) groups is 14. The van der Waals surface area contributed by atoms with Crippen molar-refractivity contribution in [1.82, 2.24) is 0 Å². The maximum atomic E-state index is 10.3. The number of hydrogen-bond acceptors (Lipinski definition) is 20. The summed E-state index contributed by atoms with van der Waals surface area (Å²) in [6, 6.07) is 19.2. The van der Waals surface area contributed by atoms with Crippen LogP contribution in [0.25, 0.3) is 0 Å². The van der Waals surface area contributed by atoms with E-state index in [1.165, 1.54) is 87.6 Å². The number of ether oxygens (including phenoxy) is 4. The molecule has 20 heteroatoms. The minimum Gasteiger partial charge on any atom is -0.493 e. The molecule has 0 fully saturated rings. The third-order valence-corrected chi connectivity index (χ3v) is 36.3. The molecular formula is C72H88O6S14. The molecule has 1 aliphatic carbocycles. The Morgan fingerprint density at radius 3 is 0.826 bits per heavy atom. The van der Waals surface area contributed by atoms with Gasteiger partial charge in [-0.2, -0.15) is 0 Å². The summed E-state index contributed by atoms with van der Waals surface area (Å²) in [5, 5.41) is 25.3. The van der Waals surface area contributed by atoms with Crippen LogP contribution in [0.4, 0.5) is 0 Å². The van der Waals surface area contributed by atoms with E-state index in [-0.39, 0.29) is 34.9 Å². The van der Waals surface area contributed by atoms with E-state index in [4.69, 9.17) is 18.9 Å². The zero-order chi connectivity index (χ0) is 65.0. The summed E-state index contributed by atoms with van der Waals surface area (Å²) in [6.45, 7) is 29.8. The second-order valence-corrected chi connectivity index (χ2v) is 44.8. The van der Waals surface area contributed by atoms with Crippen molar-refractivity contribution < 1.29 is 29.2 Å². The number of benzene rings is 4. The van der Waals surface area contributed by atoms with E-state index >= 15 is 0 Å². The summed E-state index contributed by atoms with van der Waals surface area (Å²) in [6.07, 6.45) is 5.13. The molecule has 0 amide bonds. The van der Waals surface area contributed by atoms with E-state index in [9.17, 15) is 10.2 Å². The number of hydrogen-bond donors (Lipinski definition) is 2. The third-order valence-electron chi connectivity index (χ3n) is 16.0.